The van der Waals surface area contributed by atoms with Crippen LogP contribution in [0, 0.1) is 5.92 Å². The van der Waals surface area contributed by atoms with E-state index in [-0.39, 0.29) is 17.6 Å². The van der Waals surface area contributed by atoms with Gasteiger partial charge >= 0.3 is 12.0 Å². The Morgan fingerprint density at radius 1 is 1.29 bits per heavy atom. The van der Waals surface area contributed by atoms with E-state index < -0.39 is 5.97 Å². The number of fused-ring (bicyclic) bond motifs is 1. The molecule has 1 heterocycles. The lowest BCUT2D eigenvalue weighted by atomic mass is 10.1. The molecule has 1 aromatic carbocycles. The summed E-state index contributed by atoms with van der Waals surface area (Å²) in [5.41, 5.74) is 1.97. The SMILES string of the molecule is CC(C)C(C)N(C)C(=O)N1CCc2ccc(C(=O)O)cc21. The van der Waals surface area contributed by atoms with Gasteiger partial charge in [-0.3, -0.25) is 4.90 Å². The molecule has 1 atom stereocenters. The van der Waals surface area contributed by atoms with Crippen LogP contribution in [0.2, 0.25) is 0 Å². The van der Waals surface area contributed by atoms with Crippen LogP contribution in [0.15, 0.2) is 18.2 Å². The molecule has 2 amide bonds. The number of rotatable bonds is 3. The average Bonchev–Trinajstić information content (AvgIpc) is 2.87. The molecule has 0 spiro atoms. The van der Waals surface area contributed by atoms with Crippen molar-refractivity contribution in [3.63, 3.8) is 0 Å². The van der Waals surface area contributed by atoms with Crippen LogP contribution in [-0.2, 0) is 6.42 Å². The Kier molecular flexibility index (Phi) is 4.21. The normalized spacial score (nSPS) is 15.0. The molecule has 1 aliphatic rings. The standard InChI is InChI=1S/C16H22N2O3/c1-10(2)11(3)17(4)16(21)18-8-7-12-5-6-13(15(19)20)9-14(12)18/h5-6,9-11H,7-8H2,1-4H3,(H,19,20). The van der Waals surface area contributed by atoms with E-state index in [4.69, 9.17) is 5.11 Å². The van der Waals surface area contributed by atoms with E-state index >= 15 is 0 Å². The molecule has 5 nitrogen and oxygen atoms in total. The van der Waals surface area contributed by atoms with Gasteiger partial charge in [0.05, 0.1) is 5.56 Å². The van der Waals surface area contributed by atoms with Gasteiger partial charge in [-0.1, -0.05) is 19.9 Å². The summed E-state index contributed by atoms with van der Waals surface area (Å²) in [7, 11) is 1.80. The summed E-state index contributed by atoms with van der Waals surface area (Å²) in [4.78, 5) is 27.1. The van der Waals surface area contributed by atoms with Crippen molar-refractivity contribution in [3.05, 3.63) is 29.3 Å². The van der Waals surface area contributed by atoms with Crippen LogP contribution in [0.5, 0.6) is 0 Å². The highest BCUT2D eigenvalue weighted by atomic mass is 16.4. The number of aromatic carboxylic acids is 1. The number of hydrogen-bond acceptors (Lipinski definition) is 2. The van der Waals surface area contributed by atoms with Gasteiger partial charge in [-0.05, 0) is 37.0 Å². The lowest BCUT2D eigenvalue weighted by Gasteiger charge is -2.32. The second-order valence-electron chi connectivity index (χ2n) is 5.93. The molecule has 21 heavy (non-hydrogen) atoms. The maximum atomic E-state index is 12.6. The molecule has 1 aromatic rings. The molecule has 114 valence electrons. The Hall–Kier alpha value is -2.04. The molecule has 0 aromatic heterocycles. The van der Waals surface area contributed by atoms with Crippen LogP contribution in [0.25, 0.3) is 0 Å². The number of urea groups is 1. The highest BCUT2D eigenvalue weighted by molar-refractivity contribution is 5.97. The first-order valence-corrected chi connectivity index (χ1v) is 7.23. The number of benzene rings is 1. The average molecular weight is 290 g/mol. The van der Waals surface area contributed by atoms with Crippen LogP contribution >= 0.6 is 0 Å². The molecule has 0 fully saturated rings. The van der Waals surface area contributed by atoms with Crippen molar-refractivity contribution in [2.75, 3.05) is 18.5 Å². The fraction of sp³-hybridized carbons (Fsp3) is 0.500. The fourth-order valence-electron chi connectivity index (χ4n) is 2.52. The largest absolute Gasteiger partial charge is 0.478 e. The number of amides is 2. The van der Waals surface area contributed by atoms with Crippen LogP contribution in [0.4, 0.5) is 10.5 Å². The molecule has 0 radical (unpaired) electrons. The number of nitrogens with zero attached hydrogens (tertiary/aromatic N) is 2. The molecule has 0 saturated carbocycles. The van der Waals surface area contributed by atoms with Crippen molar-refractivity contribution in [1.82, 2.24) is 4.90 Å². The van der Waals surface area contributed by atoms with Gasteiger partial charge in [-0.25, -0.2) is 9.59 Å². The van der Waals surface area contributed by atoms with Crippen molar-refractivity contribution in [3.8, 4) is 0 Å². The van der Waals surface area contributed by atoms with Crippen molar-refractivity contribution in [1.29, 1.82) is 0 Å². The minimum atomic E-state index is -0.971. The number of anilines is 1. The number of hydrogen-bond donors (Lipinski definition) is 1. The minimum Gasteiger partial charge on any atom is -0.478 e. The Bertz CT molecular complexity index is 569. The number of carbonyl (C=O) groups excluding carboxylic acids is 1. The van der Waals surface area contributed by atoms with E-state index in [9.17, 15) is 9.59 Å². The van der Waals surface area contributed by atoms with Gasteiger partial charge in [0, 0.05) is 25.3 Å². The van der Waals surface area contributed by atoms with Gasteiger partial charge < -0.3 is 10.0 Å². The van der Waals surface area contributed by atoms with E-state index in [1.54, 1.807) is 35.0 Å². The quantitative estimate of drug-likeness (QED) is 0.931. The second-order valence-corrected chi connectivity index (χ2v) is 5.93. The monoisotopic (exact) mass is 290 g/mol. The minimum absolute atomic E-state index is 0.0718. The first-order valence-electron chi connectivity index (χ1n) is 7.23. The van der Waals surface area contributed by atoms with Crippen molar-refractivity contribution in [2.45, 2.75) is 33.2 Å². The van der Waals surface area contributed by atoms with Crippen LogP contribution in [-0.4, -0.2) is 41.6 Å². The maximum absolute atomic E-state index is 12.6. The summed E-state index contributed by atoms with van der Waals surface area (Å²) in [6.07, 6.45) is 0.769. The second kappa shape index (κ2) is 5.76. The first kappa shape index (κ1) is 15.4. The van der Waals surface area contributed by atoms with Crippen LogP contribution in [0.3, 0.4) is 0 Å². The number of carboxylic acids is 1. The molecule has 0 aliphatic carbocycles. The van der Waals surface area contributed by atoms with E-state index in [0.717, 1.165) is 17.7 Å². The molecule has 0 bridgehead atoms. The first-order chi connectivity index (χ1) is 9.82. The Morgan fingerprint density at radius 2 is 1.95 bits per heavy atom. The predicted octanol–water partition coefficient (Wildman–Crippen LogP) is 2.84. The molecule has 1 N–H and O–H groups in total. The third kappa shape index (κ3) is 2.86. The molecule has 5 heteroatoms. The third-order valence-electron chi connectivity index (χ3n) is 4.34. The van der Waals surface area contributed by atoms with Gasteiger partial charge in [0.1, 0.15) is 0 Å². The summed E-state index contributed by atoms with van der Waals surface area (Å²) >= 11 is 0. The van der Waals surface area contributed by atoms with Gasteiger partial charge in [-0.15, -0.1) is 0 Å². The summed E-state index contributed by atoms with van der Waals surface area (Å²) < 4.78 is 0. The smallest absolute Gasteiger partial charge is 0.335 e. The maximum Gasteiger partial charge on any atom is 0.335 e. The van der Waals surface area contributed by atoms with Crippen molar-refractivity contribution in [2.24, 2.45) is 5.92 Å². The van der Waals surface area contributed by atoms with E-state index in [2.05, 4.69) is 13.8 Å². The molecular weight excluding hydrogens is 268 g/mol. The molecule has 0 saturated heterocycles. The van der Waals surface area contributed by atoms with Gasteiger partial charge in [-0.2, -0.15) is 0 Å². The summed E-state index contributed by atoms with van der Waals surface area (Å²) in [5, 5.41) is 9.10. The Morgan fingerprint density at radius 3 is 2.52 bits per heavy atom. The fourth-order valence-corrected chi connectivity index (χ4v) is 2.52. The van der Waals surface area contributed by atoms with E-state index in [0.29, 0.717) is 12.5 Å². The third-order valence-corrected chi connectivity index (χ3v) is 4.34. The van der Waals surface area contributed by atoms with E-state index in [1.165, 1.54) is 0 Å². The zero-order chi connectivity index (χ0) is 15.7. The lowest BCUT2D eigenvalue weighted by Crippen LogP contribution is -2.46. The molecular formula is C16H22N2O3. The Labute approximate surface area is 125 Å². The van der Waals surface area contributed by atoms with Crippen molar-refractivity contribution < 1.29 is 14.7 Å². The van der Waals surface area contributed by atoms with Crippen LogP contribution in [0.1, 0.15) is 36.7 Å². The molecule has 1 aliphatic heterocycles. The van der Waals surface area contributed by atoms with Gasteiger partial charge in [0.25, 0.3) is 0 Å². The summed E-state index contributed by atoms with van der Waals surface area (Å²) in [6, 6.07) is 5.05. The predicted molar refractivity (Wildman–Crippen MR) is 81.9 cm³/mol. The van der Waals surface area contributed by atoms with E-state index in [1.807, 2.05) is 6.92 Å². The van der Waals surface area contributed by atoms with Gasteiger partial charge in [0.2, 0.25) is 0 Å². The highest BCUT2D eigenvalue weighted by Crippen LogP contribution is 2.30. The summed E-state index contributed by atoms with van der Waals surface area (Å²) in [6.45, 7) is 6.78. The number of carboxylic acid groups (broad SMARTS) is 1. The zero-order valence-electron chi connectivity index (χ0n) is 13.0. The zero-order valence-corrected chi connectivity index (χ0v) is 13.0. The van der Waals surface area contributed by atoms with Gasteiger partial charge in [0.15, 0.2) is 0 Å². The molecule has 2 rings (SSSR count). The molecule has 1 unspecified atom stereocenters. The summed E-state index contributed by atoms with van der Waals surface area (Å²) in [5.74, 6) is -0.604. The lowest BCUT2D eigenvalue weighted by molar-refractivity contribution is 0.0697. The van der Waals surface area contributed by atoms with Crippen molar-refractivity contribution >= 4 is 17.7 Å². The Balaban J connectivity index is 2.27. The number of carbonyl (C=O) groups is 2. The highest BCUT2D eigenvalue weighted by Gasteiger charge is 2.30. The van der Waals surface area contributed by atoms with Crippen LogP contribution < -0.4 is 4.90 Å². The topological polar surface area (TPSA) is 60.9 Å².